The van der Waals surface area contributed by atoms with Gasteiger partial charge in [0, 0.05) is 6.42 Å². The molecule has 9 nitrogen and oxygen atoms in total. The second-order valence-corrected chi connectivity index (χ2v) is 4.05. The van der Waals surface area contributed by atoms with E-state index in [1.165, 1.54) is 0 Å². The van der Waals surface area contributed by atoms with Crippen LogP contribution < -0.4 is 0 Å². The van der Waals surface area contributed by atoms with Gasteiger partial charge in [-0.3, -0.25) is 24.1 Å². The second kappa shape index (κ2) is 5.46. The molecule has 0 bridgehead atoms. The van der Waals surface area contributed by atoms with Crippen LogP contribution in [0.4, 0.5) is 0 Å². The van der Waals surface area contributed by atoms with Crippen molar-refractivity contribution in [2.75, 3.05) is 0 Å². The summed E-state index contributed by atoms with van der Waals surface area (Å²) in [4.78, 5) is 55.6. The van der Waals surface area contributed by atoms with Crippen LogP contribution in [0, 0.1) is 5.92 Å². The fraction of sp³-hybridized carbons (Fsp3) is 0.500. The number of aliphatic carboxylic acids is 3. The number of carboxylic acids is 3. The number of amides is 2. The van der Waals surface area contributed by atoms with E-state index in [1.54, 1.807) is 0 Å². The number of carbonyl (C=O) groups excluding carboxylic acids is 2. The van der Waals surface area contributed by atoms with Crippen molar-refractivity contribution in [3.8, 4) is 0 Å². The van der Waals surface area contributed by atoms with Gasteiger partial charge in [-0.1, -0.05) is 0 Å². The summed E-state index contributed by atoms with van der Waals surface area (Å²) in [5.41, 5.74) is 0. The van der Waals surface area contributed by atoms with Crippen LogP contribution >= 0.6 is 0 Å². The molecule has 0 aliphatic carbocycles. The molecule has 1 aliphatic heterocycles. The third-order valence-corrected chi connectivity index (χ3v) is 2.66. The molecule has 104 valence electrons. The Kier molecular flexibility index (Phi) is 4.20. The zero-order chi connectivity index (χ0) is 14.7. The molecular weight excluding hydrogens is 262 g/mol. The molecule has 0 aromatic rings. The molecule has 0 aromatic heterocycles. The molecule has 1 aliphatic rings. The molecule has 1 rings (SSSR count). The molecule has 1 unspecified atom stereocenters. The first-order chi connectivity index (χ1) is 8.73. The highest BCUT2D eigenvalue weighted by molar-refractivity contribution is 6.07. The highest BCUT2D eigenvalue weighted by atomic mass is 16.4. The van der Waals surface area contributed by atoms with Gasteiger partial charge in [-0.05, 0) is 0 Å². The van der Waals surface area contributed by atoms with Gasteiger partial charge >= 0.3 is 17.9 Å². The van der Waals surface area contributed by atoms with E-state index in [0.717, 1.165) is 0 Å². The van der Waals surface area contributed by atoms with E-state index >= 15 is 0 Å². The lowest BCUT2D eigenvalue weighted by Gasteiger charge is -2.21. The van der Waals surface area contributed by atoms with E-state index < -0.39 is 60.9 Å². The molecule has 0 saturated carbocycles. The lowest BCUT2D eigenvalue weighted by Crippen LogP contribution is -2.46. The number of imide groups is 1. The zero-order valence-corrected chi connectivity index (χ0v) is 9.61. The Morgan fingerprint density at radius 3 is 2.16 bits per heavy atom. The zero-order valence-electron chi connectivity index (χ0n) is 9.61. The monoisotopic (exact) mass is 273 g/mol. The van der Waals surface area contributed by atoms with Crippen molar-refractivity contribution in [1.82, 2.24) is 4.90 Å². The van der Waals surface area contributed by atoms with Gasteiger partial charge < -0.3 is 15.3 Å². The maximum absolute atomic E-state index is 11.8. The molecule has 0 spiro atoms. The Morgan fingerprint density at radius 1 is 1.16 bits per heavy atom. The van der Waals surface area contributed by atoms with Crippen molar-refractivity contribution in [3.63, 3.8) is 0 Å². The van der Waals surface area contributed by atoms with Gasteiger partial charge in [0.05, 0.1) is 18.8 Å². The summed E-state index contributed by atoms with van der Waals surface area (Å²) in [6, 6.07) is -1.81. The van der Waals surface area contributed by atoms with Crippen molar-refractivity contribution in [1.29, 1.82) is 0 Å². The van der Waals surface area contributed by atoms with E-state index in [0.29, 0.717) is 4.90 Å². The van der Waals surface area contributed by atoms with Crippen LogP contribution in [0.1, 0.15) is 19.3 Å². The lowest BCUT2D eigenvalue weighted by atomic mass is 10.0. The van der Waals surface area contributed by atoms with Gasteiger partial charge in [-0.2, -0.15) is 0 Å². The molecule has 19 heavy (non-hydrogen) atoms. The maximum atomic E-state index is 11.8. The minimum Gasteiger partial charge on any atom is -0.481 e. The highest BCUT2D eigenvalue weighted by Gasteiger charge is 2.46. The Bertz CT molecular complexity index is 456. The SMILES string of the molecule is O=C(O)CC(C(=O)O)N1C(=O)C[C@H](CC(=O)O)C1=O. The van der Waals surface area contributed by atoms with Crippen LogP contribution in [0.3, 0.4) is 0 Å². The minimum absolute atomic E-state index is 0.337. The standard InChI is InChI=1S/C10H11NO8/c12-6-1-4(2-7(13)14)9(17)11(6)5(10(18)19)3-8(15)16/h4-5H,1-3H2,(H,13,14)(H,15,16)(H,18,19)/t4-,5?/m1/s1. The van der Waals surface area contributed by atoms with Crippen LogP contribution in [0.25, 0.3) is 0 Å². The fourth-order valence-corrected chi connectivity index (χ4v) is 1.87. The molecule has 0 aromatic carbocycles. The number of likely N-dealkylation sites (tertiary alicyclic amines) is 1. The predicted molar refractivity (Wildman–Crippen MR) is 55.9 cm³/mol. The largest absolute Gasteiger partial charge is 0.481 e. The van der Waals surface area contributed by atoms with Crippen LogP contribution in [0.15, 0.2) is 0 Å². The number of carbonyl (C=O) groups is 5. The Labute approximate surface area is 106 Å². The Balaban J connectivity index is 2.94. The number of hydrogen-bond donors (Lipinski definition) is 3. The van der Waals surface area contributed by atoms with E-state index in [4.69, 9.17) is 15.3 Å². The average Bonchev–Trinajstić information content (AvgIpc) is 2.50. The normalized spacial score (nSPS) is 20.4. The Morgan fingerprint density at radius 2 is 1.74 bits per heavy atom. The van der Waals surface area contributed by atoms with Crippen LogP contribution in [-0.4, -0.2) is 56.0 Å². The molecule has 9 heteroatoms. The van der Waals surface area contributed by atoms with Gasteiger partial charge in [-0.25, -0.2) is 4.79 Å². The summed E-state index contributed by atoms with van der Waals surface area (Å²) >= 11 is 0. The topological polar surface area (TPSA) is 149 Å². The van der Waals surface area contributed by atoms with Gasteiger partial charge in [0.15, 0.2) is 0 Å². The van der Waals surface area contributed by atoms with Crippen molar-refractivity contribution < 1.29 is 39.3 Å². The van der Waals surface area contributed by atoms with Crippen molar-refractivity contribution >= 4 is 29.7 Å². The van der Waals surface area contributed by atoms with Crippen molar-refractivity contribution in [2.45, 2.75) is 25.3 Å². The minimum atomic E-state index is -1.81. The highest BCUT2D eigenvalue weighted by Crippen LogP contribution is 2.25. The number of rotatable bonds is 6. The molecular formula is C10H11NO8. The smallest absolute Gasteiger partial charge is 0.327 e. The summed E-state index contributed by atoms with van der Waals surface area (Å²) in [6.07, 6.45) is -1.94. The fourth-order valence-electron chi connectivity index (χ4n) is 1.87. The summed E-state index contributed by atoms with van der Waals surface area (Å²) in [5, 5.41) is 26.0. The van der Waals surface area contributed by atoms with Gasteiger partial charge in [-0.15, -0.1) is 0 Å². The van der Waals surface area contributed by atoms with Crippen molar-refractivity contribution in [3.05, 3.63) is 0 Å². The number of nitrogens with zero attached hydrogens (tertiary/aromatic N) is 1. The van der Waals surface area contributed by atoms with Gasteiger partial charge in [0.25, 0.3) is 0 Å². The van der Waals surface area contributed by atoms with Crippen LogP contribution in [-0.2, 0) is 24.0 Å². The summed E-state index contributed by atoms with van der Waals surface area (Å²) in [6.45, 7) is 0. The summed E-state index contributed by atoms with van der Waals surface area (Å²) in [7, 11) is 0. The summed E-state index contributed by atoms with van der Waals surface area (Å²) < 4.78 is 0. The van der Waals surface area contributed by atoms with Gasteiger partial charge in [0.2, 0.25) is 11.8 Å². The first-order valence-corrected chi connectivity index (χ1v) is 5.26. The summed E-state index contributed by atoms with van der Waals surface area (Å²) in [5.74, 6) is -7.36. The molecule has 1 fully saturated rings. The average molecular weight is 273 g/mol. The van der Waals surface area contributed by atoms with Gasteiger partial charge in [0.1, 0.15) is 6.04 Å². The first-order valence-electron chi connectivity index (χ1n) is 5.26. The third kappa shape index (κ3) is 3.27. The van der Waals surface area contributed by atoms with E-state index in [1.807, 2.05) is 0 Å². The number of hydrogen-bond acceptors (Lipinski definition) is 5. The van der Waals surface area contributed by atoms with Crippen LogP contribution in [0.5, 0.6) is 0 Å². The number of carboxylic acid groups (broad SMARTS) is 3. The molecule has 1 saturated heterocycles. The molecule has 2 atom stereocenters. The van der Waals surface area contributed by atoms with Crippen molar-refractivity contribution in [2.24, 2.45) is 5.92 Å². The lowest BCUT2D eigenvalue weighted by molar-refractivity contribution is -0.158. The molecule has 1 heterocycles. The molecule has 0 radical (unpaired) electrons. The third-order valence-electron chi connectivity index (χ3n) is 2.66. The second-order valence-electron chi connectivity index (χ2n) is 4.05. The first kappa shape index (κ1) is 14.6. The van der Waals surface area contributed by atoms with E-state index in [9.17, 15) is 24.0 Å². The maximum Gasteiger partial charge on any atom is 0.327 e. The van der Waals surface area contributed by atoms with Crippen LogP contribution in [0.2, 0.25) is 0 Å². The Hall–Kier alpha value is -2.45. The van der Waals surface area contributed by atoms with E-state index in [2.05, 4.69) is 0 Å². The molecule has 3 N–H and O–H groups in total. The van der Waals surface area contributed by atoms with E-state index in [-0.39, 0.29) is 0 Å². The molecule has 2 amide bonds. The predicted octanol–water partition coefficient (Wildman–Crippen LogP) is -1.24. The quantitative estimate of drug-likeness (QED) is 0.509.